The largest absolute Gasteiger partial charge is 0.309 e. The molecule has 4 heteroatoms. The predicted octanol–water partition coefficient (Wildman–Crippen LogP) is 17.6. The van der Waals surface area contributed by atoms with Crippen LogP contribution in [0, 0.1) is 0 Å². The predicted molar refractivity (Wildman–Crippen MR) is 297 cm³/mol. The number of fused-ring (bicyclic) bond motifs is 10. The first-order valence-corrected chi connectivity index (χ1v) is 24.2. The van der Waals surface area contributed by atoms with Gasteiger partial charge < -0.3 is 4.57 Å². The Morgan fingerprint density at radius 1 is 0.239 bits per heavy atom. The van der Waals surface area contributed by atoms with Gasteiger partial charge in [-0.25, -0.2) is 15.0 Å². The zero-order valence-corrected chi connectivity index (χ0v) is 38.5. The first kappa shape index (κ1) is 40.5. The molecule has 0 amide bonds. The summed E-state index contributed by atoms with van der Waals surface area (Å²) in [6.07, 6.45) is 0. The van der Waals surface area contributed by atoms with Gasteiger partial charge >= 0.3 is 0 Å². The third-order valence-corrected chi connectivity index (χ3v) is 14.2. The van der Waals surface area contributed by atoms with Crippen LogP contribution in [0.4, 0.5) is 0 Å². The van der Waals surface area contributed by atoms with E-state index in [9.17, 15) is 0 Å². The summed E-state index contributed by atoms with van der Waals surface area (Å²) < 4.78 is 2.53. The SMILES string of the molecule is c1ccc(-c2ccc3c(c2)c2cc(-c4ccccc4)ccc2n3-c2cc(-c3cc(-c4nc(-c5ccccc5)nc(-c5ccccc5)n4)cc4ccccc34)cc3c4ccccc4c4ccccc4c23)cc1. The van der Waals surface area contributed by atoms with Crippen LogP contribution >= 0.6 is 0 Å². The van der Waals surface area contributed by atoms with Crippen molar-refractivity contribution in [2.75, 3.05) is 0 Å². The second kappa shape index (κ2) is 16.6. The molecule has 4 nitrogen and oxygen atoms in total. The minimum absolute atomic E-state index is 0.619. The maximum Gasteiger partial charge on any atom is 0.164 e. The summed E-state index contributed by atoms with van der Waals surface area (Å²) in [5.41, 5.74) is 13.1. The molecule has 2 aromatic heterocycles. The molecular formula is C67H42N4. The average molecular weight is 903 g/mol. The van der Waals surface area contributed by atoms with Gasteiger partial charge in [-0.1, -0.05) is 206 Å². The fourth-order valence-electron chi connectivity index (χ4n) is 10.9. The zero-order valence-electron chi connectivity index (χ0n) is 38.5. The van der Waals surface area contributed by atoms with Crippen LogP contribution in [0.25, 0.3) is 138 Å². The molecule has 0 aliphatic carbocycles. The molecule has 14 aromatic rings. The van der Waals surface area contributed by atoms with Crippen molar-refractivity contribution in [2.45, 2.75) is 0 Å². The summed E-state index contributed by atoms with van der Waals surface area (Å²) in [5, 5.41) is 11.9. The molecular weight excluding hydrogens is 861 g/mol. The molecule has 12 aromatic carbocycles. The molecule has 2 heterocycles. The maximum absolute atomic E-state index is 5.22. The maximum atomic E-state index is 5.22. The second-order valence-corrected chi connectivity index (χ2v) is 18.3. The van der Waals surface area contributed by atoms with E-state index in [1.54, 1.807) is 0 Å². The third kappa shape index (κ3) is 6.88. The van der Waals surface area contributed by atoms with Crippen LogP contribution in [-0.2, 0) is 0 Å². The lowest BCUT2D eigenvalue weighted by atomic mass is 9.89. The van der Waals surface area contributed by atoms with E-state index in [-0.39, 0.29) is 0 Å². The van der Waals surface area contributed by atoms with Gasteiger partial charge in [0.15, 0.2) is 17.5 Å². The molecule has 0 atom stereocenters. The van der Waals surface area contributed by atoms with Gasteiger partial charge in [0.2, 0.25) is 0 Å². The summed E-state index contributed by atoms with van der Waals surface area (Å²) in [6.45, 7) is 0. The molecule has 0 radical (unpaired) electrons. The summed E-state index contributed by atoms with van der Waals surface area (Å²) in [5.74, 6) is 1.88. The van der Waals surface area contributed by atoms with Crippen LogP contribution in [0.15, 0.2) is 255 Å². The minimum Gasteiger partial charge on any atom is -0.309 e. The van der Waals surface area contributed by atoms with Crippen molar-refractivity contribution in [1.29, 1.82) is 0 Å². The quantitative estimate of drug-likeness (QED) is 0.150. The number of benzene rings is 12. The Balaban J connectivity index is 1.09. The average Bonchev–Trinajstić information content (AvgIpc) is 3.78. The van der Waals surface area contributed by atoms with Crippen molar-refractivity contribution >= 4 is 64.9 Å². The standard InChI is InChI=1S/C67H42N4/c1-5-19-43(20-6-1)47-33-35-61-58(38-47)59-39-48(44-21-7-2-8-22-44)34-36-62(59)71(61)63-42-50(40-60-55-31-16-15-29-53(55)54-30-17-18-32-56(54)64(60)63)57-41-51(37-49-27-13-14-28-52(49)57)67-69-65(45-23-9-3-10-24-45)68-66(70-67)46-25-11-4-12-26-46/h1-42H. The van der Waals surface area contributed by atoms with Crippen molar-refractivity contribution in [3.63, 3.8) is 0 Å². The van der Waals surface area contributed by atoms with Crippen LogP contribution in [-0.4, -0.2) is 19.5 Å². The molecule has 0 saturated heterocycles. The number of rotatable bonds is 7. The smallest absolute Gasteiger partial charge is 0.164 e. The highest BCUT2D eigenvalue weighted by Gasteiger charge is 2.22. The summed E-state index contributed by atoms with van der Waals surface area (Å²) in [7, 11) is 0. The highest BCUT2D eigenvalue weighted by Crippen LogP contribution is 2.46. The Hall–Kier alpha value is -9.51. The molecule has 330 valence electrons. The Bertz CT molecular complexity index is 4220. The van der Waals surface area contributed by atoms with Crippen LogP contribution in [0.5, 0.6) is 0 Å². The zero-order chi connectivity index (χ0) is 46.8. The molecule has 71 heavy (non-hydrogen) atoms. The normalized spacial score (nSPS) is 11.7. The van der Waals surface area contributed by atoms with E-state index in [0.29, 0.717) is 17.5 Å². The molecule has 0 fully saturated rings. The van der Waals surface area contributed by atoms with Crippen molar-refractivity contribution in [3.8, 4) is 73.2 Å². The van der Waals surface area contributed by atoms with E-state index < -0.39 is 0 Å². The molecule has 0 N–H and O–H groups in total. The molecule has 14 rings (SSSR count). The van der Waals surface area contributed by atoms with E-state index in [2.05, 4.69) is 223 Å². The van der Waals surface area contributed by atoms with Crippen LogP contribution < -0.4 is 0 Å². The van der Waals surface area contributed by atoms with Gasteiger partial charge in [0.1, 0.15) is 0 Å². The number of hydrogen-bond donors (Lipinski definition) is 0. The van der Waals surface area contributed by atoms with Crippen molar-refractivity contribution in [2.24, 2.45) is 0 Å². The monoisotopic (exact) mass is 902 g/mol. The number of nitrogens with zero attached hydrogens (tertiary/aromatic N) is 4. The third-order valence-electron chi connectivity index (χ3n) is 14.2. The first-order valence-electron chi connectivity index (χ1n) is 24.2. The Labute approximate surface area is 410 Å². The highest BCUT2D eigenvalue weighted by molar-refractivity contribution is 6.29. The van der Waals surface area contributed by atoms with Gasteiger partial charge in [-0.2, -0.15) is 0 Å². The Morgan fingerprint density at radius 3 is 1.18 bits per heavy atom. The van der Waals surface area contributed by atoms with Crippen molar-refractivity contribution in [1.82, 2.24) is 19.5 Å². The molecule has 0 unspecified atom stereocenters. The second-order valence-electron chi connectivity index (χ2n) is 18.3. The highest BCUT2D eigenvalue weighted by atomic mass is 15.0. The van der Waals surface area contributed by atoms with Gasteiger partial charge in [-0.3, -0.25) is 0 Å². The summed E-state index contributed by atoms with van der Waals surface area (Å²) in [4.78, 5) is 15.5. The van der Waals surface area contributed by atoms with Gasteiger partial charge in [-0.05, 0) is 120 Å². The van der Waals surface area contributed by atoms with Crippen LogP contribution in [0.2, 0.25) is 0 Å². The topological polar surface area (TPSA) is 43.6 Å². The first-order chi connectivity index (χ1) is 35.2. The lowest BCUT2D eigenvalue weighted by Crippen LogP contribution is -2.01. The number of aromatic nitrogens is 4. The van der Waals surface area contributed by atoms with Crippen molar-refractivity contribution < 1.29 is 0 Å². The van der Waals surface area contributed by atoms with E-state index in [1.165, 1.54) is 65.3 Å². The minimum atomic E-state index is 0.619. The summed E-state index contributed by atoms with van der Waals surface area (Å²) in [6, 6.07) is 91.7. The van der Waals surface area contributed by atoms with Crippen LogP contribution in [0.3, 0.4) is 0 Å². The lowest BCUT2D eigenvalue weighted by molar-refractivity contribution is 1.07. The van der Waals surface area contributed by atoms with Gasteiger partial charge in [0.05, 0.1) is 16.7 Å². The van der Waals surface area contributed by atoms with Gasteiger partial charge in [0, 0.05) is 32.8 Å². The number of hydrogen-bond acceptors (Lipinski definition) is 3. The molecule has 0 aliphatic heterocycles. The van der Waals surface area contributed by atoms with Gasteiger partial charge in [0.25, 0.3) is 0 Å². The molecule has 0 bridgehead atoms. The van der Waals surface area contributed by atoms with E-state index >= 15 is 0 Å². The van der Waals surface area contributed by atoms with Crippen molar-refractivity contribution in [3.05, 3.63) is 255 Å². The fraction of sp³-hybridized carbons (Fsp3) is 0. The molecule has 0 aliphatic rings. The van der Waals surface area contributed by atoms with E-state index in [4.69, 9.17) is 15.0 Å². The van der Waals surface area contributed by atoms with E-state index in [0.717, 1.165) is 55.3 Å². The fourth-order valence-corrected chi connectivity index (χ4v) is 10.9. The Morgan fingerprint density at radius 2 is 0.648 bits per heavy atom. The van der Waals surface area contributed by atoms with Crippen LogP contribution in [0.1, 0.15) is 0 Å². The Kier molecular flexibility index (Phi) is 9.49. The molecule has 0 saturated carbocycles. The van der Waals surface area contributed by atoms with Gasteiger partial charge in [-0.15, -0.1) is 0 Å². The molecule has 0 spiro atoms. The summed E-state index contributed by atoms with van der Waals surface area (Å²) >= 11 is 0. The van der Waals surface area contributed by atoms with E-state index in [1.807, 2.05) is 36.4 Å². The lowest BCUT2D eigenvalue weighted by Gasteiger charge is -2.20.